The van der Waals surface area contributed by atoms with E-state index >= 15 is 0 Å². The molecule has 36 heavy (non-hydrogen) atoms. The van der Waals surface area contributed by atoms with Gasteiger partial charge in [-0.2, -0.15) is 0 Å². The number of benzene rings is 2. The second kappa shape index (κ2) is 11.0. The summed E-state index contributed by atoms with van der Waals surface area (Å²) in [5, 5.41) is 2.69. The highest BCUT2D eigenvalue weighted by Gasteiger charge is 2.20. The number of pyridine rings is 1. The van der Waals surface area contributed by atoms with E-state index in [9.17, 15) is 14.0 Å². The summed E-state index contributed by atoms with van der Waals surface area (Å²) in [6.45, 7) is 3.91. The average molecular weight is 506 g/mol. The molecule has 4 aromatic rings. The second-order valence-electron chi connectivity index (χ2n) is 8.75. The zero-order chi connectivity index (χ0) is 25.8. The van der Waals surface area contributed by atoms with Crippen molar-refractivity contribution in [2.75, 3.05) is 14.2 Å². The molecule has 1 unspecified atom stereocenters. The molecule has 186 valence electrons. The summed E-state index contributed by atoms with van der Waals surface area (Å²) in [5.74, 6) is 0.402. The van der Waals surface area contributed by atoms with Gasteiger partial charge in [-0.3, -0.25) is 9.59 Å². The van der Waals surface area contributed by atoms with Gasteiger partial charge in [-0.1, -0.05) is 32.0 Å². The molecule has 2 heterocycles. The minimum atomic E-state index is -0.262. The number of carbonyl (C=O) groups excluding carboxylic acids is 2. The largest absolute Gasteiger partial charge is 0.493 e. The van der Waals surface area contributed by atoms with Gasteiger partial charge in [-0.15, -0.1) is 11.3 Å². The minimum absolute atomic E-state index is 0.0713. The van der Waals surface area contributed by atoms with Crippen LogP contribution in [0.4, 0.5) is 4.39 Å². The van der Waals surface area contributed by atoms with E-state index in [1.807, 2.05) is 31.4 Å². The van der Waals surface area contributed by atoms with Crippen molar-refractivity contribution in [2.24, 2.45) is 5.92 Å². The van der Waals surface area contributed by atoms with Crippen LogP contribution < -0.4 is 9.47 Å². The molecule has 0 radical (unpaired) electrons. The van der Waals surface area contributed by atoms with Crippen molar-refractivity contribution in [3.63, 3.8) is 0 Å². The minimum Gasteiger partial charge on any atom is -0.493 e. The number of methoxy groups -OCH3 is 2. The van der Waals surface area contributed by atoms with Crippen LogP contribution in [0, 0.1) is 11.7 Å². The first-order valence-corrected chi connectivity index (χ1v) is 12.7. The van der Waals surface area contributed by atoms with Gasteiger partial charge < -0.3 is 9.47 Å². The van der Waals surface area contributed by atoms with Gasteiger partial charge in [0.05, 0.1) is 24.6 Å². The smallest absolute Gasteiger partial charge is 0.181 e. The monoisotopic (exact) mass is 505 g/mol. The lowest BCUT2D eigenvalue weighted by Crippen LogP contribution is -2.13. The molecule has 1 atom stereocenters. The lowest BCUT2D eigenvalue weighted by atomic mass is 9.93. The average Bonchev–Trinajstić information content (AvgIpc) is 3.33. The number of rotatable bonds is 10. The van der Waals surface area contributed by atoms with E-state index in [0.717, 1.165) is 22.9 Å². The van der Waals surface area contributed by atoms with Gasteiger partial charge in [0.15, 0.2) is 23.1 Å². The maximum Gasteiger partial charge on any atom is 0.181 e. The first-order valence-electron chi connectivity index (χ1n) is 11.8. The third-order valence-electron chi connectivity index (χ3n) is 6.23. The first kappa shape index (κ1) is 25.5. The molecular weight excluding hydrogens is 477 g/mol. The Hall–Kier alpha value is -3.58. The highest BCUT2D eigenvalue weighted by Crippen LogP contribution is 2.36. The van der Waals surface area contributed by atoms with Crippen LogP contribution in [0.1, 0.15) is 53.1 Å². The van der Waals surface area contributed by atoms with Gasteiger partial charge in [0, 0.05) is 34.7 Å². The molecule has 0 saturated carbocycles. The molecule has 7 heteroatoms. The maximum atomic E-state index is 14.3. The molecule has 5 nitrogen and oxygen atoms in total. The summed E-state index contributed by atoms with van der Waals surface area (Å²) in [6.07, 6.45) is 1.14. The molecule has 0 aliphatic heterocycles. The number of ether oxygens (including phenoxy) is 2. The Labute approximate surface area is 213 Å². The normalized spacial score (nSPS) is 11.9. The van der Waals surface area contributed by atoms with E-state index in [2.05, 4.69) is 0 Å². The summed E-state index contributed by atoms with van der Waals surface area (Å²) >= 11 is 1.33. The molecule has 4 rings (SSSR count). The summed E-state index contributed by atoms with van der Waals surface area (Å²) in [6, 6.07) is 13.7. The number of hydrogen-bond acceptors (Lipinski definition) is 6. The SMILES string of the molecule is CCc1ccc(C(=O)CC(C)CC(=O)c2ccc(OC)c(OC)c2)nc1-c1csc2c(F)cccc12. The van der Waals surface area contributed by atoms with Crippen molar-refractivity contribution in [1.29, 1.82) is 0 Å². The predicted octanol–water partition coefficient (Wildman–Crippen LogP) is 7.16. The number of carbonyl (C=O) groups is 2. The fourth-order valence-electron chi connectivity index (χ4n) is 4.30. The number of halogens is 1. The maximum absolute atomic E-state index is 14.3. The second-order valence-corrected chi connectivity index (χ2v) is 9.63. The molecular formula is C29H28FNO4S. The lowest BCUT2D eigenvalue weighted by molar-refractivity contribution is 0.0925. The molecule has 0 N–H and O–H groups in total. The predicted molar refractivity (Wildman–Crippen MR) is 141 cm³/mol. The third kappa shape index (κ3) is 5.16. The highest BCUT2D eigenvalue weighted by molar-refractivity contribution is 7.17. The van der Waals surface area contributed by atoms with Crippen molar-refractivity contribution >= 4 is 33.0 Å². The Morgan fingerprint density at radius 2 is 1.75 bits per heavy atom. The van der Waals surface area contributed by atoms with Gasteiger partial charge >= 0.3 is 0 Å². The van der Waals surface area contributed by atoms with E-state index in [-0.39, 0.29) is 36.1 Å². The Morgan fingerprint density at radius 3 is 2.47 bits per heavy atom. The van der Waals surface area contributed by atoms with Gasteiger partial charge in [-0.25, -0.2) is 9.37 Å². The van der Waals surface area contributed by atoms with Crippen LogP contribution in [-0.4, -0.2) is 30.8 Å². The summed E-state index contributed by atoms with van der Waals surface area (Å²) in [7, 11) is 3.06. The van der Waals surface area contributed by atoms with Gasteiger partial charge in [0.1, 0.15) is 11.5 Å². The number of aryl methyl sites for hydroxylation is 1. The first-order chi connectivity index (χ1) is 17.4. The van der Waals surface area contributed by atoms with Crippen LogP contribution in [0.5, 0.6) is 11.5 Å². The molecule has 2 aromatic carbocycles. The highest BCUT2D eigenvalue weighted by atomic mass is 32.1. The van der Waals surface area contributed by atoms with E-state index in [0.29, 0.717) is 33.2 Å². The number of Topliss-reactive ketones (excluding diaryl/α,β-unsaturated/α-hetero) is 2. The quantitative estimate of drug-likeness (QED) is 0.214. The van der Waals surface area contributed by atoms with Crippen molar-refractivity contribution in [3.8, 4) is 22.8 Å². The molecule has 0 fully saturated rings. The molecule has 0 spiro atoms. The number of nitrogens with zero attached hydrogens (tertiary/aromatic N) is 1. The van der Waals surface area contributed by atoms with Crippen molar-refractivity contribution < 1.29 is 23.5 Å². The number of hydrogen-bond donors (Lipinski definition) is 0. The molecule has 0 amide bonds. The zero-order valence-corrected chi connectivity index (χ0v) is 21.6. The topological polar surface area (TPSA) is 65.5 Å². The van der Waals surface area contributed by atoms with E-state index < -0.39 is 0 Å². The Bertz CT molecular complexity index is 1430. The lowest BCUT2D eigenvalue weighted by Gasteiger charge is -2.13. The number of aromatic nitrogens is 1. The van der Waals surface area contributed by atoms with E-state index in [4.69, 9.17) is 14.5 Å². The van der Waals surface area contributed by atoms with Gasteiger partial charge in [0.2, 0.25) is 0 Å². The fourth-order valence-corrected chi connectivity index (χ4v) is 5.26. The Kier molecular flexibility index (Phi) is 7.79. The standard InChI is InChI=1S/C29H28FNO4S/c1-5-18-9-11-23(31-28(18)21-16-36-29-20(21)7-6-8-22(29)30)25(33)14-17(2)13-24(32)19-10-12-26(34-3)27(15-19)35-4/h6-12,15-17H,5,13-14H2,1-4H3. The third-order valence-corrected chi connectivity index (χ3v) is 7.23. The van der Waals surface area contributed by atoms with Gasteiger partial charge in [0.25, 0.3) is 0 Å². The van der Waals surface area contributed by atoms with Crippen molar-refractivity contribution in [3.05, 3.63) is 76.5 Å². The summed E-state index contributed by atoms with van der Waals surface area (Å²) in [5.41, 5.74) is 3.39. The van der Waals surface area contributed by atoms with Crippen molar-refractivity contribution in [1.82, 2.24) is 4.98 Å². The number of thiophene rings is 1. The molecule has 0 saturated heterocycles. The van der Waals surface area contributed by atoms with Crippen LogP contribution in [0.25, 0.3) is 21.3 Å². The molecule has 0 bridgehead atoms. The molecule has 0 aliphatic carbocycles. The fraction of sp³-hybridized carbons (Fsp3) is 0.276. The van der Waals surface area contributed by atoms with Crippen LogP contribution in [0.3, 0.4) is 0 Å². The van der Waals surface area contributed by atoms with Gasteiger partial charge in [-0.05, 0) is 48.2 Å². The number of fused-ring (bicyclic) bond motifs is 1. The summed E-state index contributed by atoms with van der Waals surface area (Å²) < 4.78 is 25.3. The molecule has 2 aromatic heterocycles. The van der Waals surface area contributed by atoms with Crippen LogP contribution >= 0.6 is 11.3 Å². The van der Waals surface area contributed by atoms with Crippen LogP contribution in [-0.2, 0) is 6.42 Å². The summed E-state index contributed by atoms with van der Waals surface area (Å²) in [4.78, 5) is 30.7. The Morgan fingerprint density at radius 1 is 1.00 bits per heavy atom. The van der Waals surface area contributed by atoms with E-state index in [1.54, 1.807) is 37.4 Å². The van der Waals surface area contributed by atoms with E-state index in [1.165, 1.54) is 24.5 Å². The number of ketones is 2. The molecule has 0 aliphatic rings. The van der Waals surface area contributed by atoms with Crippen LogP contribution in [0.15, 0.2) is 53.9 Å². The zero-order valence-electron chi connectivity index (χ0n) is 20.8. The van der Waals surface area contributed by atoms with Crippen LogP contribution in [0.2, 0.25) is 0 Å². The Balaban J connectivity index is 1.53. The van der Waals surface area contributed by atoms with Crippen molar-refractivity contribution in [2.45, 2.75) is 33.1 Å².